The number of rotatable bonds is 5. The van der Waals surface area contributed by atoms with Crippen LogP contribution in [0.15, 0.2) is 0 Å². The fourth-order valence-electron chi connectivity index (χ4n) is 0.883. The zero-order chi connectivity index (χ0) is 11.0. The van der Waals surface area contributed by atoms with Gasteiger partial charge in [0.05, 0.1) is 6.07 Å². The second-order valence-electron chi connectivity index (χ2n) is 2.86. The van der Waals surface area contributed by atoms with Crippen molar-refractivity contribution in [2.45, 2.75) is 20.3 Å². The molecule has 78 valence electrons. The Morgan fingerprint density at radius 2 is 1.93 bits per heavy atom. The molecule has 2 amide bonds. The van der Waals surface area contributed by atoms with Crippen LogP contribution < -0.4 is 10.6 Å². The van der Waals surface area contributed by atoms with Crippen molar-refractivity contribution >= 4 is 11.8 Å². The third-order valence-electron chi connectivity index (χ3n) is 1.68. The molecule has 0 saturated carbocycles. The highest BCUT2D eigenvalue weighted by atomic mass is 16.2. The summed E-state index contributed by atoms with van der Waals surface area (Å²) in [6.07, 6.45) is 0.502. The van der Waals surface area contributed by atoms with Crippen molar-refractivity contribution in [2.75, 3.05) is 13.1 Å². The molecule has 0 spiro atoms. The van der Waals surface area contributed by atoms with Crippen LogP contribution in [-0.4, -0.2) is 24.9 Å². The summed E-state index contributed by atoms with van der Waals surface area (Å²) < 4.78 is 0. The molecule has 5 heteroatoms. The van der Waals surface area contributed by atoms with Gasteiger partial charge in [0.15, 0.2) is 0 Å². The lowest BCUT2D eigenvalue weighted by molar-refractivity contribution is -0.124. The average Bonchev–Trinajstić information content (AvgIpc) is 2.14. The monoisotopic (exact) mass is 197 g/mol. The van der Waals surface area contributed by atoms with Crippen LogP contribution >= 0.6 is 0 Å². The summed E-state index contributed by atoms with van der Waals surface area (Å²) in [6.45, 7) is 3.94. The Labute approximate surface area is 83.5 Å². The maximum atomic E-state index is 11.2. The van der Waals surface area contributed by atoms with Gasteiger partial charge >= 0.3 is 0 Å². The minimum Gasteiger partial charge on any atom is -0.355 e. The Morgan fingerprint density at radius 1 is 1.36 bits per heavy atom. The van der Waals surface area contributed by atoms with Crippen molar-refractivity contribution in [3.8, 4) is 6.07 Å². The van der Waals surface area contributed by atoms with Gasteiger partial charge in [0.25, 0.3) is 0 Å². The molecule has 0 aliphatic rings. The van der Waals surface area contributed by atoms with Crippen molar-refractivity contribution in [2.24, 2.45) is 5.92 Å². The summed E-state index contributed by atoms with van der Waals surface area (Å²) in [6, 6.07) is 1.90. The fourth-order valence-corrected chi connectivity index (χ4v) is 0.883. The molecule has 0 heterocycles. The summed E-state index contributed by atoms with van der Waals surface area (Å²) in [4.78, 5) is 21.7. The van der Waals surface area contributed by atoms with Gasteiger partial charge < -0.3 is 10.6 Å². The van der Waals surface area contributed by atoms with Crippen molar-refractivity contribution in [1.29, 1.82) is 5.26 Å². The van der Waals surface area contributed by atoms with Crippen LogP contribution in [0.5, 0.6) is 0 Å². The lowest BCUT2D eigenvalue weighted by atomic mass is 10.1. The molecule has 14 heavy (non-hydrogen) atoms. The summed E-state index contributed by atoms with van der Waals surface area (Å²) in [7, 11) is 0. The molecule has 2 N–H and O–H groups in total. The Hall–Kier alpha value is -1.57. The summed E-state index contributed by atoms with van der Waals surface area (Å²) >= 11 is 0. The predicted molar refractivity (Wildman–Crippen MR) is 51.1 cm³/mol. The van der Waals surface area contributed by atoms with Gasteiger partial charge in [-0.3, -0.25) is 9.59 Å². The number of hydrogen-bond donors (Lipinski definition) is 2. The molecule has 0 aliphatic carbocycles. The van der Waals surface area contributed by atoms with E-state index >= 15 is 0 Å². The minimum atomic E-state index is -0.590. The van der Waals surface area contributed by atoms with E-state index in [0.717, 1.165) is 0 Å². The number of carbonyl (C=O) groups is 2. The molecular formula is C9H15N3O2. The van der Waals surface area contributed by atoms with Gasteiger partial charge in [0.1, 0.15) is 5.92 Å². The van der Waals surface area contributed by atoms with Crippen LogP contribution in [0, 0.1) is 17.2 Å². The van der Waals surface area contributed by atoms with E-state index in [1.807, 2.05) is 6.07 Å². The Bertz CT molecular complexity index is 245. The van der Waals surface area contributed by atoms with Gasteiger partial charge in [0, 0.05) is 20.0 Å². The van der Waals surface area contributed by atoms with Gasteiger partial charge in [-0.1, -0.05) is 6.92 Å². The molecule has 5 nitrogen and oxygen atoms in total. The average molecular weight is 197 g/mol. The van der Waals surface area contributed by atoms with Crippen LogP contribution in [0.3, 0.4) is 0 Å². The Kier molecular flexibility index (Phi) is 6.12. The SMILES string of the molecule is CCC(C#N)C(=O)NCCNC(C)=O. The minimum absolute atomic E-state index is 0.133. The molecule has 0 rings (SSSR count). The molecule has 0 bridgehead atoms. The maximum absolute atomic E-state index is 11.2. The summed E-state index contributed by atoms with van der Waals surface area (Å²) in [5, 5.41) is 13.7. The van der Waals surface area contributed by atoms with Crippen LogP contribution in [0.2, 0.25) is 0 Å². The predicted octanol–water partition coefficient (Wildman–Crippen LogP) is -0.212. The number of hydrogen-bond acceptors (Lipinski definition) is 3. The standard InChI is InChI=1S/C9H15N3O2/c1-3-8(6-10)9(14)12-5-4-11-7(2)13/h8H,3-5H2,1-2H3,(H,11,13)(H,12,14). The second-order valence-corrected chi connectivity index (χ2v) is 2.86. The van der Waals surface area contributed by atoms with Crippen LogP contribution in [-0.2, 0) is 9.59 Å². The first kappa shape index (κ1) is 12.4. The molecule has 0 fully saturated rings. The van der Waals surface area contributed by atoms with E-state index in [2.05, 4.69) is 10.6 Å². The maximum Gasteiger partial charge on any atom is 0.237 e. The smallest absolute Gasteiger partial charge is 0.237 e. The zero-order valence-corrected chi connectivity index (χ0v) is 8.46. The molecule has 0 aromatic heterocycles. The quantitative estimate of drug-likeness (QED) is 0.598. The lowest BCUT2D eigenvalue weighted by Crippen LogP contribution is -2.36. The fraction of sp³-hybridized carbons (Fsp3) is 0.667. The third-order valence-corrected chi connectivity index (χ3v) is 1.68. The van der Waals surface area contributed by atoms with Crippen LogP contribution in [0.25, 0.3) is 0 Å². The molecule has 0 aliphatic heterocycles. The number of amides is 2. The van der Waals surface area contributed by atoms with E-state index in [1.165, 1.54) is 6.92 Å². The normalized spacial score (nSPS) is 11.2. The van der Waals surface area contributed by atoms with E-state index in [4.69, 9.17) is 5.26 Å². The summed E-state index contributed by atoms with van der Waals surface area (Å²) in [5.41, 5.74) is 0. The van der Waals surface area contributed by atoms with Gasteiger partial charge in [-0.15, -0.1) is 0 Å². The van der Waals surface area contributed by atoms with Crippen molar-refractivity contribution in [3.05, 3.63) is 0 Å². The molecule has 0 saturated heterocycles. The molecule has 0 radical (unpaired) electrons. The number of carbonyl (C=O) groups excluding carboxylic acids is 2. The van der Waals surface area contributed by atoms with E-state index in [0.29, 0.717) is 19.5 Å². The molecule has 0 aromatic carbocycles. The van der Waals surface area contributed by atoms with E-state index in [-0.39, 0.29) is 11.8 Å². The number of nitriles is 1. The van der Waals surface area contributed by atoms with Crippen molar-refractivity contribution in [1.82, 2.24) is 10.6 Å². The highest BCUT2D eigenvalue weighted by Crippen LogP contribution is 1.98. The zero-order valence-electron chi connectivity index (χ0n) is 8.46. The third kappa shape index (κ3) is 5.14. The largest absolute Gasteiger partial charge is 0.355 e. The first-order chi connectivity index (χ1) is 6.61. The Morgan fingerprint density at radius 3 is 2.36 bits per heavy atom. The second kappa shape index (κ2) is 6.89. The molecule has 1 atom stereocenters. The Balaban J connectivity index is 3.64. The highest BCUT2D eigenvalue weighted by molar-refractivity contribution is 5.81. The van der Waals surface area contributed by atoms with E-state index in [1.54, 1.807) is 6.92 Å². The molecular weight excluding hydrogens is 182 g/mol. The number of nitrogens with zero attached hydrogens (tertiary/aromatic N) is 1. The first-order valence-electron chi connectivity index (χ1n) is 4.53. The van der Waals surface area contributed by atoms with E-state index < -0.39 is 5.92 Å². The van der Waals surface area contributed by atoms with Gasteiger partial charge in [-0.2, -0.15) is 5.26 Å². The van der Waals surface area contributed by atoms with Gasteiger partial charge in [-0.05, 0) is 6.42 Å². The highest BCUT2D eigenvalue weighted by Gasteiger charge is 2.13. The lowest BCUT2D eigenvalue weighted by Gasteiger charge is -2.07. The molecule has 0 aromatic rings. The van der Waals surface area contributed by atoms with Crippen molar-refractivity contribution < 1.29 is 9.59 Å². The number of nitrogens with one attached hydrogen (secondary N) is 2. The van der Waals surface area contributed by atoms with Crippen molar-refractivity contribution in [3.63, 3.8) is 0 Å². The summed E-state index contributed by atoms with van der Waals surface area (Å²) in [5.74, 6) is -1.00. The topological polar surface area (TPSA) is 82.0 Å². The van der Waals surface area contributed by atoms with Crippen LogP contribution in [0.1, 0.15) is 20.3 Å². The van der Waals surface area contributed by atoms with Gasteiger partial charge in [0.2, 0.25) is 11.8 Å². The van der Waals surface area contributed by atoms with E-state index in [9.17, 15) is 9.59 Å². The van der Waals surface area contributed by atoms with Crippen LogP contribution in [0.4, 0.5) is 0 Å². The van der Waals surface area contributed by atoms with Gasteiger partial charge in [-0.25, -0.2) is 0 Å². The molecule has 1 unspecified atom stereocenters. The first-order valence-corrected chi connectivity index (χ1v) is 4.53.